The highest BCUT2D eigenvalue weighted by Crippen LogP contribution is 2.17. The summed E-state index contributed by atoms with van der Waals surface area (Å²) in [6, 6.07) is 0.275. The second-order valence-electron chi connectivity index (χ2n) is 5.17. The third-order valence-electron chi connectivity index (χ3n) is 3.14. The Morgan fingerprint density at radius 2 is 1.89 bits per heavy atom. The first-order chi connectivity index (χ1) is 8.52. The molecule has 0 saturated heterocycles. The van der Waals surface area contributed by atoms with Gasteiger partial charge in [-0.1, -0.05) is 12.8 Å². The van der Waals surface area contributed by atoms with Crippen molar-refractivity contribution in [2.45, 2.75) is 58.5 Å². The van der Waals surface area contributed by atoms with E-state index < -0.39 is 0 Å². The number of hydrogen-bond acceptors (Lipinski definition) is 2. The average molecular weight is 255 g/mol. The molecule has 0 bridgehead atoms. The second-order valence-corrected chi connectivity index (χ2v) is 5.17. The number of amides is 3. The van der Waals surface area contributed by atoms with Crippen molar-refractivity contribution in [3.8, 4) is 0 Å². The van der Waals surface area contributed by atoms with Crippen LogP contribution < -0.4 is 10.6 Å². The molecule has 0 unspecified atom stereocenters. The number of carbonyl (C=O) groups excluding carboxylic acids is 2. The minimum absolute atomic E-state index is 0.103. The molecule has 1 fully saturated rings. The Bertz CT molecular complexity index is 286. The Balaban J connectivity index is 2.38. The van der Waals surface area contributed by atoms with Gasteiger partial charge in [-0.05, 0) is 33.6 Å². The summed E-state index contributed by atoms with van der Waals surface area (Å²) in [7, 11) is 0. The number of nitrogens with one attached hydrogen (secondary N) is 2. The highest BCUT2D eigenvalue weighted by Gasteiger charge is 2.21. The van der Waals surface area contributed by atoms with Crippen LogP contribution in [0.15, 0.2) is 0 Å². The lowest BCUT2D eigenvalue weighted by Gasteiger charge is -2.23. The molecule has 104 valence electrons. The third kappa shape index (κ3) is 4.94. The molecule has 0 aromatic heterocycles. The molecule has 3 amide bonds. The summed E-state index contributed by atoms with van der Waals surface area (Å²) in [4.78, 5) is 25.2. The molecule has 2 N–H and O–H groups in total. The molecular formula is C13H25N3O2. The van der Waals surface area contributed by atoms with Gasteiger partial charge in [0.25, 0.3) is 0 Å². The first kappa shape index (κ1) is 14.8. The van der Waals surface area contributed by atoms with E-state index in [0.717, 1.165) is 12.8 Å². The molecule has 5 heteroatoms. The van der Waals surface area contributed by atoms with Crippen molar-refractivity contribution < 1.29 is 9.59 Å². The molecule has 0 radical (unpaired) electrons. The third-order valence-corrected chi connectivity index (χ3v) is 3.14. The topological polar surface area (TPSA) is 61.4 Å². The van der Waals surface area contributed by atoms with Crippen molar-refractivity contribution in [1.82, 2.24) is 15.5 Å². The van der Waals surface area contributed by atoms with Crippen molar-refractivity contribution in [2.24, 2.45) is 0 Å². The zero-order chi connectivity index (χ0) is 13.5. The first-order valence-corrected chi connectivity index (χ1v) is 6.87. The van der Waals surface area contributed by atoms with Gasteiger partial charge in [-0.25, -0.2) is 4.79 Å². The van der Waals surface area contributed by atoms with Gasteiger partial charge in [0.2, 0.25) is 5.91 Å². The zero-order valence-corrected chi connectivity index (χ0v) is 11.7. The van der Waals surface area contributed by atoms with E-state index in [-0.39, 0.29) is 24.5 Å². The molecule has 1 aliphatic rings. The van der Waals surface area contributed by atoms with E-state index in [1.165, 1.54) is 12.8 Å². The molecule has 0 aromatic rings. The Labute approximate surface area is 109 Å². The molecule has 1 rings (SSSR count). The summed E-state index contributed by atoms with van der Waals surface area (Å²) in [5, 5.41) is 5.79. The van der Waals surface area contributed by atoms with Gasteiger partial charge in [-0.15, -0.1) is 0 Å². The number of likely N-dealkylation sites (N-methyl/N-ethyl adjacent to an activating group) is 1. The molecular weight excluding hydrogens is 230 g/mol. The molecule has 18 heavy (non-hydrogen) atoms. The fourth-order valence-corrected chi connectivity index (χ4v) is 2.20. The maximum absolute atomic E-state index is 12.0. The van der Waals surface area contributed by atoms with E-state index in [9.17, 15) is 9.59 Å². The van der Waals surface area contributed by atoms with E-state index in [2.05, 4.69) is 10.6 Å². The van der Waals surface area contributed by atoms with Crippen molar-refractivity contribution in [1.29, 1.82) is 0 Å². The van der Waals surface area contributed by atoms with E-state index in [1.54, 1.807) is 4.90 Å². The lowest BCUT2D eigenvalue weighted by atomic mass is 10.2. The van der Waals surface area contributed by atoms with Gasteiger partial charge in [0, 0.05) is 18.6 Å². The van der Waals surface area contributed by atoms with Gasteiger partial charge in [0.15, 0.2) is 0 Å². The lowest BCUT2D eigenvalue weighted by Crippen LogP contribution is -2.48. The summed E-state index contributed by atoms with van der Waals surface area (Å²) in [5.74, 6) is -0.103. The van der Waals surface area contributed by atoms with Crippen LogP contribution in [0.3, 0.4) is 0 Å². The normalized spacial score (nSPS) is 15.8. The van der Waals surface area contributed by atoms with Crippen LogP contribution in [0.2, 0.25) is 0 Å². The molecule has 1 saturated carbocycles. The highest BCUT2D eigenvalue weighted by atomic mass is 16.2. The molecule has 1 aliphatic carbocycles. The molecule has 0 spiro atoms. The molecule has 0 heterocycles. The largest absolute Gasteiger partial charge is 0.352 e. The summed E-state index contributed by atoms with van der Waals surface area (Å²) >= 11 is 0. The van der Waals surface area contributed by atoms with Crippen LogP contribution in [-0.2, 0) is 4.79 Å². The summed E-state index contributed by atoms with van der Waals surface area (Å²) < 4.78 is 0. The number of rotatable bonds is 5. The zero-order valence-electron chi connectivity index (χ0n) is 11.7. The van der Waals surface area contributed by atoms with Gasteiger partial charge < -0.3 is 15.5 Å². The predicted octanol–water partition coefficient (Wildman–Crippen LogP) is 1.49. The van der Waals surface area contributed by atoms with Crippen molar-refractivity contribution in [3.63, 3.8) is 0 Å². The quantitative estimate of drug-likeness (QED) is 0.781. The Kier molecular flexibility index (Phi) is 5.95. The van der Waals surface area contributed by atoms with E-state index in [1.807, 2.05) is 20.8 Å². The van der Waals surface area contributed by atoms with Crippen LogP contribution in [0.5, 0.6) is 0 Å². The van der Waals surface area contributed by atoms with Gasteiger partial charge in [-0.3, -0.25) is 4.79 Å². The van der Waals surface area contributed by atoms with Crippen molar-refractivity contribution in [2.75, 3.05) is 13.1 Å². The van der Waals surface area contributed by atoms with E-state index in [0.29, 0.717) is 12.6 Å². The predicted molar refractivity (Wildman–Crippen MR) is 71.3 cm³/mol. The fraction of sp³-hybridized carbons (Fsp3) is 0.846. The van der Waals surface area contributed by atoms with Crippen LogP contribution in [0, 0.1) is 0 Å². The van der Waals surface area contributed by atoms with Gasteiger partial charge >= 0.3 is 6.03 Å². The monoisotopic (exact) mass is 255 g/mol. The Hall–Kier alpha value is -1.26. The Morgan fingerprint density at radius 3 is 2.39 bits per heavy atom. The van der Waals surface area contributed by atoms with Crippen molar-refractivity contribution in [3.05, 3.63) is 0 Å². The van der Waals surface area contributed by atoms with Crippen molar-refractivity contribution >= 4 is 11.9 Å². The van der Waals surface area contributed by atoms with Gasteiger partial charge in [-0.2, -0.15) is 0 Å². The molecule has 0 atom stereocenters. The summed E-state index contributed by atoms with van der Waals surface area (Å²) in [5.41, 5.74) is 0. The number of urea groups is 1. The van der Waals surface area contributed by atoms with Crippen LogP contribution in [0.25, 0.3) is 0 Å². The number of hydrogen-bond donors (Lipinski definition) is 2. The lowest BCUT2D eigenvalue weighted by molar-refractivity contribution is -0.122. The van der Waals surface area contributed by atoms with Crippen LogP contribution >= 0.6 is 0 Å². The molecule has 0 aliphatic heterocycles. The first-order valence-electron chi connectivity index (χ1n) is 6.87. The standard InChI is InChI=1S/C13H25N3O2/c1-4-16(9-12(17)14-10(2)3)13(18)15-11-7-5-6-8-11/h10-11H,4-9H2,1-3H3,(H,14,17)(H,15,18). The maximum Gasteiger partial charge on any atom is 0.318 e. The van der Waals surface area contributed by atoms with Crippen LogP contribution in [0.4, 0.5) is 4.79 Å². The number of carbonyl (C=O) groups is 2. The van der Waals surface area contributed by atoms with Gasteiger partial charge in [0.05, 0.1) is 0 Å². The summed E-state index contributed by atoms with van der Waals surface area (Å²) in [6.07, 6.45) is 4.48. The average Bonchev–Trinajstić information content (AvgIpc) is 2.77. The SMILES string of the molecule is CCN(CC(=O)NC(C)C)C(=O)NC1CCCC1. The smallest absolute Gasteiger partial charge is 0.318 e. The summed E-state index contributed by atoms with van der Waals surface area (Å²) in [6.45, 7) is 6.38. The second kappa shape index (κ2) is 7.24. The van der Waals surface area contributed by atoms with Gasteiger partial charge in [0.1, 0.15) is 6.54 Å². The number of nitrogens with zero attached hydrogens (tertiary/aromatic N) is 1. The van der Waals surface area contributed by atoms with E-state index >= 15 is 0 Å². The molecule has 0 aromatic carbocycles. The molecule has 5 nitrogen and oxygen atoms in total. The van der Waals surface area contributed by atoms with Crippen LogP contribution in [0.1, 0.15) is 46.5 Å². The van der Waals surface area contributed by atoms with Crippen LogP contribution in [-0.4, -0.2) is 42.0 Å². The fourth-order valence-electron chi connectivity index (χ4n) is 2.20. The van der Waals surface area contributed by atoms with E-state index in [4.69, 9.17) is 0 Å². The minimum atomic E-state index is -0.122. The Morgan fingerprint density at radius 1 is 1.28 bits per heavy atom. The highest BCUT2D eigenvalue weighted by molar-refractivity contribution is 5.84. The maximum atomic E-state index is 12.0. The minimum Gasteiger partial charge on any atom is -0.352 e.